The summed E-state index contributed by atoms with van der Waals surface area (Å²) in [6.45, 7) is 2.72. The maximum Gasteiger partial charge on any atom is 0.251 e. The average molecular weight is 604 g/mol. The van der Waals surface area contributed by atoms with Crippen molar-refractivity contribution in [2.24, 2.45) is 0 Å². The van der Waals surface area contributed by atoms with Gasteiger partial charge in [-0.3, -0.25) is 9.78 Å². The van der Waals surface area contributed by atoms with Gasteiger partial charge in [0, 0.05) is 55.2 Å². The number of amides is 1. The Kier molecular flexibility index (Phi) is 7.02. The van der Waals surface area contributed by atoms with Gasteiger partial charge < -0.3 is 20.1 Å². The molecule has 0 radical (unpaired) electrons. The number of fused-ring (bicyclic) bond motifs is 3. The summed E-state index contributed by atoms with van der Waals surface area (Å²) in [5.41, 5.74) is 4.05. The molecule has 224 valence electrons. The maximum atomic E-state index is 13.2. The van der Waals surface area contributed by atoms with Gasteiger partial charge in [0.1, 0.15) is 17.7 Å². The molecule has 7 rings (SSSR count). The van der Waals surface area contributed by atoms with Gasteiger partial charge in [0.2, 0.25) is 10.0 Å². The number of rotatable bonds is 8. The van der Waals surface area contributed by atoms with Crippen molar-refractivity contribution in [3.05, 3.63) is 66.2 Å². The van der Waals surface area contributed by atoms with Gasteiger partial charge in [0.05, 0.1) is 42.3 Å². The third-order valence-electron chi connectivity index (χ3n) is 8.23. The number of hydrogen-bond acceptors (Lipinski definition) is 9. The Morgan fingerprint density at radius 1 is 1.05 bits per heavy atom. The molecular weight excluding hydrogens is 570 g/mol. The first-order valence-corrected chi connectivity index (χ1v) is 16.0. The number of pyridine rings is 3. The molecule has 1 amide bonds. The molecule has 2 bridgehead atoms. The number of carbonyl (C=O) groups is 1. The van der Waals surface area contributed by atoms with Crippen LogP contribution in [-0.4, -0.2) is 81.9 Å². The highest BCUT2D eigenvalue weighted by atomic mass is 32.2. The largest absolute Gasteiger partial charge is 0.488 e. The minimum Gasteiger partial charge on any atom is -0.488 e. The van der Waals surface area contributed by atoms with Crippen molar-refractivity contribution in [2.45, 2.75) is 56.0 Å². The molecule has 1 aliphatic carbocycles. The number of anilines is 2. The molecule has 1 saturated carbocycles. The SMILES string of the molecule is CNC(=O)c1ccnc(Nc2cc3cc(-c4cc(C)ncc4OC4CC5COCC(C4)N5S(=O)(=O)C4CC4)ccn3n2)c1. The summed E-state index contributed by atoms with van der Waals surface area (Å²) in [6, 6.07) is 10.8. The topological polar surface area (TPSA) is 140 Å². The van der Waals surface area contributed by atoms with Crippen LogP contribution in [0.15, 0.2) is 55.0 Å². The van der Waals surface area contributed by atoms with Crippen molar-refractivity contribution in [3.8, 4) is 16.9 Å². The summed E-state index contributed by atoms with van der Waals surface area (Å²) in [5.74, 6) is 1.56. The highest BCUT2D eigenvalue weighted by Gasteiger charge is 2.51. The number of nitrogens with zero attached hydrogens (tertiary/aromatic N) is 5. The molecule has 13 heteroatoms. The highest BCUT2D eigenvalue weighted by Crippen LogP contribution is 2.40. The van der Waals surface area contributed by atoms with Crippen molar-refractivity contribution in [2.75, 3.05) is 25.6 Å². The van der Waals surface area contributed by atoms with E-state index >= 15 is 0 Å². The second-order valence-corrected chi connectivity index (χ2v) is 13.5. The average Bonchev–Trinajstić information content (AvgIpc) is 3.78. The first-order chi connectivity index (χ1) is 20.8. The molecule has 3 fully saturated rings. The summed E-state index contributed by atoms with van der Waals surface area (Å²) < 4.78 is 42.2. The first-order valence-electron chi connectivity index (χ1n) is 14.5. The van der Waals surface area contributed by atoms with Crippen LogP contribution >= 0.6 is 0 Å². The van der Waals surface area contributed by atoms with E-state index in [1.807, 2.05) is 37.4 Å². The smallest absolute Gasteiger partial charge is 0.251 e. The van der Waals surface area contributed by atoms with Crippen LogP contribution in [0.3, 0.4) is 0 Å². The van der Waals surface area contributed by atoms with E-state index in [1.54, 1.807) is 40.4 Å². The van der Waals surface area contributed by atoms with Crippen molar-refractivity contribution < 1.29 is 22.7 Å². The minimum atomic E-state index is -3.30. The zero-order valence-electron chi connectivity index (χ0n) is 23.9. The van der Waals surface area contributed by atoms with Crippen LogP contribution in [0, 0.1) is 6.92 Å². The fraction of sp³-hybridized carbons (Fsp3) is 0.400. The van der Waals surface area contributed by atoms with E-state index in [2.05, 4.69) is 25.7 Å². The molecule has 6 heterocycles. The quantitative estimate of drug-likeness (QED) is 0.310. The van der Waals surface area contributed by atoms with Crippen LogP contribution in [0.1, 0.15) is 41.7 Å². The number of sulfonamides is 1. The number of morpholine rings is 1. The van der Waals surface area contributed by atoms with Crippen LogP contribution in [-0.2, 0) is 14.8 Å². The molecule has 12 nitrogen and oxygen atoms in total. The standard InChI is InChI=1S/C30H33N7O5S/c1-18-9-26(19-6-8-36-21(10-19)14-29(35-36)34-28-11-20(5-7-32-28)30(38)31-2)27(15-33-18)42-24-12-22-16-41-17-23(13-24)37(22)43(39,40)25-3-4-25/h5-11,14-15,22-25H,3-4,12-13,16-17H2,1-2H3,(H,31,38)(H,32,34,35). The van der Waals surface area contributed by atoms with Gasteiger partial charge in [-0.25, -0.2) is 17.9 Å². The second kappa shape index (κ2) is 10.9. The number of hydrogen-bond donors (Lipinski definition) is 2. The molecule has 3 aliphatic rings. The number of aryl methyl sites for hydroxylation is 1. The van der Waals surface area contributed by atoms with E-state index in [0.29, 0.717) is 49.0 Å². The number of piperidine rings is 1. The normalized spacial score (nSPS) is 22.3. The van der Waals surface area contributed by atoms with Gasteiger partial charge in [-0.1, -0.05) is 0 Å². The third-order valence-corrected chi connectivity index (χ3v) is 10.7. The highest BCUT2D eigenvalue weighted by molar-refractivity contribution is 7.90. The van der Waals surface area contributed by atoms with Gasteiger partial charge in [0.25, 0.3) is 5.91 Å². The molecule has 0 aromatic carbocycles. The molecule has 2 unspecified atom stereocenters. The van der Waals surface area contributed by atoms with Gasteiger partial charge in [-0.2, -0.15) is 9.40 Å². The van der Waals surface area contributed by atoms with Crippen LogP contribution in [0.4, 0.5) is 11.6 Å². The van der Waals surface area contributed by atoms with Gasteiger partial charge in [-0.05, 0) is 55.7 Å². The molecule has 0 spiro atoms. The molecule has 2 N–H and O–H groups in total. The molecule has 2 aliphatic heterocycles. The van der Waals surface area contributed by atoms with Gasteiger partial charge in [0.15, 0.2) is 5.82 Å². The Bertz CT molecular complexity index is 1790. The lowest BCUT2D eigenvalue weighted by atomic mass is 9.94. The molecule has 2 saturated heterocycles. The first kappa shape index (κ1) is 27.7. The minimum absolute atomic E-state index is 0.152. The molecular formula is C30H33N7O5S. The van der Waals surface area contributed by atoms with E-state index in [9.17, 15) is 13.2 Å². The van der Waals surface area contributed by atoms with E-state index < -0.39 is 10.0 Å². The fourth-order valence-corrected chi connectivity index (χ4v) is 8.27. The van der Waals surface area contributed by atoms with Crippen LogP contribution in [0.25, 0.3) is 16.6 Å². The monoisotopic (exact) mass is 603 g/mol. The summed E-state index contributed by atoms with van der Waals surface area (Å²) in [4.78, 5) is 20.8. The lowest BCUT2D eigenvalue weighted by Gasteiger charge is -2.47. The number of carbonyl (C=O) groups excluding carboxylic acids is 1. The summed E-state index contributed by atoms with van der Waals surface area (Å²) in [7, 11) is -1.71. The Hall–Kier alpha value is -4.07. The Balaban J connectivity index is 1.12. The van der Waals surface area contributed by atoms with E-state index in [0.717, 1.165) is 35.2 Å². The summed E-state index contributed by atoms with van der Waals surface area (Å²) in [5, 5.41) is 10.2. The van der Waals surface area contributed by atoms with E-state index in [-0.39, 0.29) is 29.3 Å². The summed E-state index contributed by atoms with van der Waals surface area (Å²) >= 11 is 0. The Labute approximate surface area is 249 Å². The number of nitrogens with one attached hydrogen (secondary N) is 2. The summed E-state index contributed by atoms with van der Waals surface area (Å²) in [6.07, 6.45) is 7.69. The van der Waals surface area contributed by atoms with Gasteiger partial charge in [-0.15, -0.1) is 0 Å². The Morgan fingerprint density at radius 2 is 1.84 bits per heavy atom. The Morgan fingerprint density at radius 3 is 2.58 bits per heavy atom. The van der Waals surface area contributed by atoms with Gasteiger partial charge >= 0.3 is 0 Å². The zero-order valence-corrected chi connectivity index (χ0v) is 24.8. The number of ether oxygens (including phenoxy) is 2. The number of aromatic nitrogens is 4. The molecule has 4 aromatic heterocycles. The zero-order chi connectivity index (χ0) is 29.7. The maximum absolute atomic E-state index is 13.2. The lowest BCUT2D eigenvalue weighted by molar-refractivity contribution is -0.0610. The predicted molar refractivity (Wildman–Crippen MR) is 160 cm³/mol. The lowest BCUT2D eigenvalue weighted by Crippen LogP contribution is -2.61. The van der Waals surface area contributed by atoms with E-state index in [4.69, 9.17) is 9.47 Å². The van der Waals surface area contributed by atoms with Crippen molar-refractivity contribution in [3.63, 3.8) is 0 Å². The van der Waals surface area contributed by atoms with Crippen molar-refractivity contribution in [1.82, 2.24) is 29.2 Å². The van der Waals surface area contributed by atoms with Crippen LogP contribution in [0.2, 0.25) is 0 Å². The van der Waals surface area contributed by atoms with Crippen molar-refractivity contribution in [1.29, 1.82) is 0 Å². The molecule has 2 atom stereocenters. The van der Waals surface area contributed by atoms with Crippen LogP contribution < -0.4 is 15.4 Å². The fourth-order valence-electron chi connectivity index (χ4n) is 6.07. The van der Waals surface area contributed by atoms with Crippen molar-refractivity contribution >= 4 is 33.1 Å². The second-order valence-electron chi connectivity index (χ2n) is 11.4. The predicted octanol–water partition coefficient (Wildman–Crippen LogP) is 3.31. The van der Waals surface area contributed by atoms with Crippen LogP contribution in [0.5, 0.6) is 5.75 Å². The van der Waals surface area contributed by atoms with E-state index in [1.165, 1.54) is 0 Å². The molecule has 4 aromatic rings. The third kappa shape index (κ3) is 5.43. The molecule has 43 heavy (non-hydrogen) atoms.